The zero-order chi connectivity index (χ0) is 22.0. The number of nitrogens with zero attached hydrogens (tertiary/aromatic N) is 3. The zero-order valence-corrected chi connectivity index (χ0v) is 17.8. The highest BCUT2D eigenvalue weighted by Gasteiger charge is 2.26. The van der Waals surface area contributed by atoms with Crippen molar-refractivity contribution in [2.75, 3.05) is 38.2 Å². The van der Waals surface area contributed by atoms with Crippen LogP contribution in [0.2, 0.25) is 0 Å². The van der Waals surface area contributed by atoms with Gasteiger partial charge in [-0.05, 0) is 36.8 Å². The molecule has 0 aliphatic carbocycles. The Morgan fingerprint density at radius 3 is 2.48 bits per heavy atom. The molecule has 160 valence electrons. The number of rotatable bonds is 5. The lowest BCUT2D eigenvalue weighted by molar-refractivity contribution is -0.130. The third-order valence-electron chi connectivity index (χ3n) is 5.69. The van der Waals surface area contributed by atoms with Gasteiger partial charge in [0, 0.05) is 37.3 Å². The standard InChI is InChI=1S/C24H26N4O3/c1-16-6-5-7-17(14-16)27-10-12-28(13-11-27)21(29)15-20-22(24(25)30)23(31-2)18-8-3-4-9-19(18)26-20/h3-9,14H,10-13,15H2,1-2H3,(H2,25,30). The van der Waals surface area contributed by atoms with Crippen LogP contribution in [-0.2, 0) is 11.2 Å². The minimum absolute atomic E-state index is 0.00388. The summed E-state index contributed by atoms with van der Waals surface area (Å²) in [4.78, 5) is 33.9. The Kier molecular flexibility index (Phi) is 5.75. The van der Waals surface area contributed by atoms with Crippen molar-refractivity contribution >= 4 is 28.4 Å². The predicted molar refractivity (Wildman–Crippen MR) is 120 cm³/mol. The van der Waals surface area contributed by atoms with Crippen LogP contribution in [0.25, 0.3) is 10.9 Å². The van der Waals surface area contributed by atoms with Crippen LogP contribution in [0.4, 0.5) is 5.69 Å². The average Bonchev–Trinajstić information content (AvgIpc) is 2.78. The number of hydrogen-bond donors (Lipinski definition) is 1. The molecule has 1 fully saturated rings. The normalized spacial score (nSPS) is 14.0. The molecule has 2 amide bonds. The number of ether oxygens (including phenoxy) is 1. The van der Waals surface area contributed by atoms with Gasteiger partial charge >= 0.3 is 0 Å². The van der Waals surface area contributed by atoms with Crippen molar-refractivity contribution in [3.8, 4) is 5.75 Å². The summed E-state index contributed by atoms with van der Waals surface area (Å²) in [6.45, 7) is 4.82. The molecule has 0 unspecified atom stereocenters. The van der Waals surface area contributed by atoms with Gasteiger partial charge < -0.3 is 20.3 Å². The number of primary amides is 1. The Morgan fingerprint density at radius 1 is 1.06 bits per heavy atom. The molecule has 4 rings (SSSR count). The van der Waals surface area contributed by atoms with E-state index >= 15 is 0 Å². The molecule has 1 saturated heterocycles. The number of methoxy groups -OCH3 is 1. The van der Waals surface area contributed by atoms with Gasteiger partial charge in [-0.1, -0.05) is 24.3 Å². The maximum atomic E-state index is 13.0. The molecule has 0 radical (unpaired) electrons. The summed E-state index contributed by atoms with van der Waals surface area (Å²) in [6, 6.07) is 15.7. The predicted octanol–water partition coefficient (Wildman–Crippen LogP) is 2.54. The van der Waals surface area contributed by atoms with Crippen molar-refractivity contribution in [1.29, 1.82) is 0 Å². The highest BCUT2D eigenvalue weighted by atomic mass is 16.5. The third kappa shape index (κ3) is 4.17. The molecule has 0 bridgehead atoms. The lowest BCUT2D eigenvalue weighted by Gasteiger charge is -2.36. The molecule has 0 saturated carbocycles. The molecule has 2 aromatic carbocycles. The maximum absolute atomic E-state index is 13.0. The molecule has 1 aromatic heterocycles. The van der Waals surface area contributed by atoms with Gasteiger partial charge in [-0.25, -0.2) is 0 Å². The average molecular weight is 418 g/mol. The van der Waals surface area contributed by atoms with Crippen LogP contribution < -0.4 is 15.4 Å². The van der Waals surface area contributed by atoms with E-state index in [-0.39, 0.29) is 17.9 Å². The highest BCUT2D eigenvalue weighted by molar-refractivity contribution is 6.03. The number of piperazine rings is 1. The van der Waals surface area contributed by atoms with E-state index in [9.17, 15) is 9.59 Å². The first-order valence-corrected chi connectivity index (χ1v) is 10.3. The SMILES string of the molecule is COc1c(C(N)=O)c(CC(=O)N2CCN(c3cccc(C)c3)CC2)nc2ccccc12. The molecule has 31 heavy (non-hydrogen) atoms. The number of hydrogen-bond acceptors (Lipinski definition) is 5. The zero-order valence-electron chi connectivity index (χ0n) is 17.8. The van der Waals surface area contributed by atoms with Crippen molar-refractivity contribution in [2.24, 2.45) is 5.73 Å². The van der Waals surface area contributed by atoms with E-state index in [4.69, 9.17) is 10.5 Å². The molecule has 3 aromatic rings. The number of aryl methyl sites for hydroxylation is 1. The number of anilines is 1. The van der Waals surface area contributed by atoms with Crippen LogP contribution in [0.15, 0.2) is 48.5 Å². The molecule has 1 aliphatic heterocycles. The van der Waals surface area contributed by atoms with E-state index in [0.29, 0.717) is 35.4 Å². The van der Waals surface area contributed by atoms with Crippen molar-refractivity contribution < 1.29 is 14.3 Å². The van der Waals surface area contributed by atoms with E-state index < -0.39 is 5.91 Å². The maximum Gasteiger partial charge on any atom is 0.254 e. The smallest absolute Gasteiger partial charge is 0.254 e. The monoisotopic (exact) mass is 418 g/mol. The van der Waals surface area contributed by atoms with Gasteiger partial charge in [0.15, 0.2) is 0 Å². The van der Waals surface area contributed by atoms with Crippen molar-refractivity contribution in [2.45, 2.75) is 13.3 Å². The summed E-state index contributed by atoms with van der Waals surface area (Å²) in [6.07, 6.45) is 0.00388. The van der Waals surface area contributed by atoms with Gasteiger partial charge in [-0.3, -0.25) is 14.6 Å². The second-order valence-corrected chi connectivity index (χ2v) is 7.73. The topological polar surface area (TPSA) is 88.8 Å². The lowest BCUT2D eigenvalue weighted by Crippen LogP contribution is -2.49. The summed E-state index contributed by atoms with van der Waals surface area (Å²) < 4.78 is 5.49. The molecular weight excluding hydrogens is 392 g/mol. The summed E-state index contributed by atoms with van der Waals surface area (Å²) in [5.74, 6) is -0.358. The fraction of sp³-hybridized carbons (Fsp3) is 0.292. The van der Waals surface area contributed by atoms with Gasteiger partial charge in [0.1, 0.15) is 11.3 Å². The number of benzene rings is 2. The Morgan fingerprint density at radius 2 is 1.81 bits per heavy atom. The van der Waals surface area contributed by atoms with Gasteiger partial charge in [-0.15, -0.1) is 0 Å². The summed E-state index contributed by atoms with van der Waals surface area (Å²) >= 11 is 0. The number of aromatic nitrogens is 1. The second kappa shape index (κ2) is 8.63. The quantitative estimate of drug-likeness (QED) is 0.688. The molecule has 0 spiro atoms. The Hall–Kier alpha value is -3.61. The van der Waals surface area contributed by atoms with Crippen LogP contribution in [0.1, 0.15) is 21.6 Å². The first kappa shape index (κ1) is 20.7. The molecule has 7 nitrogen and oxygen atoms in total. The number of para-hydroxylation sites is 1. The van der Waals surface area contributed by atoms with E-state index in [2.05, 4.69) is 35.0 Å². The molecule has 7 heteroatoms. The number of carbonyl (C=O) groups is 2. The van der Waals surface area contributed by atoms with E-state index in [0.717, 1.165) is 13.1 Å². The summed E-state index contributed by atoms with van der Waals surface area (Å²) in [7, 11) is 1.49. The van der Waals surface area contributed by atoms with Crippen LogP contribution in [0.3, 0.4) is 0 Å². The van der Waals surface area contributed by atoms with Crippen molar-refractivity contribution in [3.05, 3.63) is 65.4 Å². The minimum atomic E-state index is -0.651. The molecule has 0 atom stereocenters. The first-order chi connectivity index (χ1) is 15.0. The number of amides is 2. The Bertz CT molecular complexity index is 1140. The minimum Gasteiger partial charge on any atom is -0.495 e. The first-order valence-electron chi connectivity index (χ1n) is 10.3. The van der Waals surface area contributed by atoms with Crippen LogP contribution in [0.5, 0.6) is 5.75 Å². The largest absolute Gasteiger partial charge is 0.495 e. The van der Waals surface area contributed by atoms with Gasteiger partial charge in [0.2, 0.25) is 5.91 Å². The fourth-order valence-electron chi connectivity index (χ4n) is 4.12. The Labute approximate surface area is 181 Å². The van der Waals surface area contributed by atoms with Crippen molar-refractivity contribution in [1.82, 2.24) is 9.88 Å². The molecule has 2 N–H and O–H groups in total. The molecule has 1 aliphatic rings. The lowest BCUT2D eigenvalue weighted by atomic mass is 10.0. The summed E-state index contributed by atoms with van der Waals surface area (Å²) in [5, 5.41) is 0.696. The van der Waals surface area contributed by atoms with E-state index in [1.54, 1.807) is 0 Å². The number of carbonyl (C=O) groups excluding carboxylic acids is 2. The number of fused-ring (bicyclic) bond motifs is 1. The van der Waals surface area contributed by atoms with E-state index in [1.165, 1.54) is 18.4 Å². The van der Waals surface area contributed by atoms with Gasteiger partial charge in [-0.2, -0.15) is 0 Å². The second-order valence-electron chi connectivity index (χ2n) is 7.73. The number of nitrogens with two attached hydrogens (primary N) is 1. The molecular formula is C24H26N4O3. The van der Waals surface area contributed by atoms with Crippen LogP contribution in [0, 0.1) is 6.92 Å². The van der Waals surface area contributed by atoms with Crippen LogP contribution in [-0.4, -0.2) is 55.0 Å². The molecule has 2 heterocycles. The van der Waals surface area contributed by atoms with Crippen LogP contribution >= 0.6 is 0 Å². The van der Waals surface area contributed by atoms with E-state index in [1.807, 2.05) is 35.2 Å². The summed E-state index contributed by atoms with van der Waals surface area (Å²) in [5.41, 5.74) is 9.22. The van der Waals surface area contributed by atoms with Gasteiger partial charge in [0.05, 0.1) is 24.7 Å². The van der Waals surface area contributed by atoms with Gasteiger partial charge in [0.25, 0.3) is 5.91 Å². The van der Waals surface area contributed by atoms with Crippen molar-refractivity contribution in [3.63, 3.8) is 0 Å². The fourth-order valence-corrected chi connectivity index (χ4v) is 4.12. The third-order valence-corrected chi connectivity index (χ3v) is 5.69. The Balaban J connectivity index is 1.54. The highest BCUT2D eigenvalue weighted by Crippen LogP contribution is 2.31. The number of pyridine rings is 1.